The smallest absolute Gasteiger partial charge is 0.0503 e. The molecular formula is C13H19NOS. The Bertz CT molecular complexity index is 334. The Morgan fingerprint density at radius 1 is 1.56 bits per heavy atom. The maximum Gasteiger partial charge on any atom is 0.0503 e. The van der Waals surface area contributed by atoms with Gasteiger partial charge in [0.05, 0.1) is 6.61 Å². The predicted octanol–water partition coefficient (Wildman–Crippen LogP) is 2.83. The van der Waals surface area contributed by atoms with Gasteiger partial charge in [-0.2, -0.15) is 0 Å². The average Bonchev–Trinajstić information content (AvgIpc) is 2.79. The highest BCUT2D eigenvalue weighted by Gasteiger charge is 2.15. The lowest BCUT2D eigenvalue weighted by Gasteiger charge is -2.10. The summed E-state index contributed by atoms with van der Waals surface area (Å²) in [7, 11) is 0. The third-order valence-corrected chi connectivity index (χ3v) is 4.12. The summed E-state index contributed by atoms with van der Waals surface area (Å²) in [5.41, 5.74) is 7.09. The van der Waals surface area contributed by atoms with E-state index < -0.39 is 0 Å². The largest absolute Gasteiger partial charge is 0.381 e. The summed E-state index contributed by atoms with van der Waals surface area (Å²) in [6.45, 7) is 3.89. The number of nitrogens with two attached hydrogens (primary N) is 1. The number of ether oxygens (including phenoxy) is 1. The molecule has 0 aliphatic carbocycles. The quantitative estimate of drug-likeness (QED) is 0.818. The molecule has 1 aromatic carbocycles. The standard InChI is InChI=1S/C13H19NOS/c1-10(14)12-3-2-4-13(7-12)16-9-11-5-6-15-8-11/h2-4,7,10-11H,5-6,8-9,14H2,1H3. The van der Waals surface area contributed by atoms with Gasteiger partial charge >= 0.3 is 0 Å². The molecule has 88 valence electrons. The highest BCUT2D eigenvalue weighted by molar-refractivity contribution is 7.99. The van der Waals surface area contributed by atoms with Crippen molar-refractivity contribution in [2.45, 2.75) is 24.3 Å². The van der Waals surface area contributed by atoms with Crippen LogP contribution in [0.4, 0.5) is 0 Å². The van der Waals surface area contributed by atoms with Crippen LogP contribution in [0.15, 0.2) is 29.2 Å². The van der Waals surface area contributed by atoms with Crippen molar-refractivity contribution < 1.29 is 4.74 Å². The van der Waals surface area contributed by atoms with E-state index in [0.717, 1.165) is 24.9 Å². The van der Waals surface area contributed by atoms with Gasteiger partial charge < -0.3 is 10.5 Å². The molecule has 0 radical (unpaired) electrons. The molecule has 1 fully saturated rings. The maximum atomic E-state index is 5.87. The lowest BCUT2D eigenvalue weighted by Crippen LogP contribution is -2.05. The van der Waals surface area contributed by atoms with Crippen LogP contribution >= 0.6 is 11.8 Å². The minimum absolute atomic E-state index is 0.121. The van der Waals surface area contributed by atoms with E-state index >= 15 is 0 Å². The Balaban J connectivity index is 1.90. The molecule has 0 amide bonds. The zero-order valence-corrected chi connectivity index (χ0v) is 10.5. The summed E-state index contributed by atoms with van der Waals surface area (Å²) in [5, 5.41) is 0. The lowest BCUT2D eigenvalue weighted by atomic mass is 10.1. The van der Waals surface area contributed by atoms with Gasteiger partial charge in [-0.3, -0.25) is 0 Å². The van der Waals surface area contributed by atoms with E-state index in [1.807, 2.05) is 18.7 Å². The van der Waals surface area contributed by atoms with Gasteiger partial charge in [0, 0.05) is 23.3 Å². The minimum atomic E-state index is 0.121. The fraction of sp³-hybridized carbons (Fsp3) is 0.538. The van der Waals surface area contributed by atoms with Gasteiger partial charge in [0.2, 0.25) is 0 Å². The molecule has 2 atom stereocenters. The van der Waals surface area contributed by atoms with Gasteiger partial charge in [0.1, 0.15) is 0 Å². The molecule has 0 bridgehead atoms. The van der Waals surface area contributed by atoms with Crippen LogP contribution in [0.25, 0.3) is 0 Å². The molecule has 1 aliphatic heterocycles. The van der Waals surface area contributed by atoms with Crippen molar-refractivity contribution >= 4 is 11.8 Å². The fourth-order valence-electron chi connectivity index (χ4n) is 1.82. The van der Waals surface area contributed by atoms with Gasteiger partial charge in [0.15, 0.2) is 0 Å². The number of hydrogen-bond acceptors (Lipinski definition) is 3. The lowest BCUT2D eigenvalue weighted by molar-refractivity contribution is 0.189. The third kappa shape index (κ3) is 3.24. The van der Waals surface area contributed by atoms with Crippen LogP contribution in [-0.2, 0) is 4.74 Å². The van der Waals surface area contributed by atoms with Crippen LogP contribution in [0, 0.1) is 5.92 Å². The topological polar surface area (TPSA) is 35.2 Å². The van der Waals surface area contributed by atoms with Crippen LogP contribution in [0.1, 0.15) is 24.9 Å². The molecule has 2 unspecified atom stereocenters. The first kappa shape index (κ1) is 12.0. The molecule has 16 heavy (non-hydrogen) atoms. The SMILES string of the molecule is CC(N)c1cccc(SCC2CCOC2)c1. The van der Waals surface area contributed by atoms with Crippen LogP contribution in [-0.4, -0.2) is 19.0 Å². The van der Waals surface area contributed by atoms with Gasteiger partial charge in [-0.1, -0.05) is 12.1 Å². The van der Waals surface area contributed by atoms with Crippen molar-refractivity contribution in [3.8, 4) is 0 Å². The monoisotopic (exact) mass is 237 g/mol. The zero-order valence-electron chi connectivity index (χ0n) is 9.69. The summed E-state index contributed by atoms with van der Waals surface area (Å²) in [6, 6.07) is 8.66. The maximum absolute atomic E-state index is 5.87. The van der Waals surface area contributed by atoms with Gasteiger partial charge in [-0.05, 0) is 37.0 Å². The van der Waals surface area contributed by atoms with E-state index in [2.05, 4.69) is 24.3 Å². The first-order chi connectivity index (χ1) is 7.75. The van der Waals surface area contributed by atoms with E-state index in [0.29, 0.717) is 0 Å². The summed E-state index contributed by atoms with van der Waals surface area (Å²) >= 11 is 1.91. The molecule has 1 aliphatic rings. The number of benzene rings is 1. The van der Waals surface area contributed by atoms with Crippen LogP contribution in [0.3, 0.4) is 0 Å². The van der Waals surface area contributed by atoms with Gasteiger partial charge in [-0.25, -0.2) is 0 Å². The van der Waals surface area contributed by atoms with E-state index in [9.17, 15) is 0 Å². The summed E-state index contributed by atoms with van der Waals surface area (Å²) in [5.74, 6) is 1.88. The molecule has 1 heterocycles. The molecule has 1 aromatic rings. The highest BCUT2D eigenvalue weighted by Crippen LogP contribution is 2.26. The molecule has 2 nitrogen and oxygen atoms in total. The molecule has 0 spiro atoms. The normalized spacial score (nSPS) is 22.2. The van der Waals surface area contributed by atoms with E-state index in [1.54, 1.807) is 0 Å². The zero-order chi connectivity index (χ0) is 11.4. The Kier molecular flexibility index (Phi) is 4.27. The van der Waals surface area contributed by atoms with Crippen LogP contribution in [0.5, 0.6) is 0 Å². The number of thioether (sulfide) groups is 1. The molecule has 2 N–H and O–H groups in total. The first-order valence-corrected chi connectivity index (χ1v) is 6.80. The minimum Gasteiger partial charge on any atom is -0.381 e. The van der Waals surface area contributed by atoms with Crippen molar-refractivity contribution in [3.63, 3.8) is 0 Å². The Labute approximate surface area is 102 Å². The second kappa shape index (κ2) is 5.71. The van der Waals surface area contributed by atoms with E-state index in [1.165, 1.54) is 16.9 Å². The van der Waals surface area contributed by atoms with E-state index in [-0.39, 0.29) is 6.04 Å². The first-order valence-electron chi connectivity index (χ1n) is 5.82. The summed E-state index contributed by atoms with van der Waals surface area (Å²) < 4.78 is 5.37. The summed E-state index contributed by atoms with van der Waals surface area (Å²) in [4.78, 5) is 1.32. The Morgan fingerprint density at radius 2 is 2.44 bits per heavy atom. The Morgan fingerprint density at radius 3 is 3.12 bits per heavy atom. The van der Waals surface area contributed by atoms with Crippen LogP contribution < -0.4 is 5.73 Å². The van der Waals surface area contributed by atoms with Crippen molar-refractivity contribution in [2.24, 2.45) is 11.7 Å². The van der Waals surface area contributed by atoms with Crippen molar-refractivity contribution in [2.75, 3.05) is 19.0 Å². The third-order valence-electron chi connectivity index (χ3n) is 2.89. The Hall–Kier alpha value is -0.510. The average molecular weight is 237 g/mol. The molecule has 0 saturated carbocycles. The molecule has 1 saturated heterocycles. The molecular weight excluding hydrogens is 218 g/mol. The highest BCUT2D eigenvalue weighted by atomic mass is 32.2. The van der Waals surface area contributed by atoms with E-state index in [4.69, 9.17) is 10.5 Å². The second-order valence-corrected chi connectivity index (χ2v) is 5.50. The van der Waals surface area contributed by atoms with Crippen molar-refractivity contribution in [3.05, 3.63) is 29.8 Å². The molecule has 0 aromatic heterocycles. The van der Waals surface area contributed by atoms with Crippen molar-refractivity contribution in [1.82, 2.24) is 0 Å². The van der Waals surface area contributed by atoms with Crippen molar-refractivity contribution in [1.29, 1.82) is 0 Å². The number of rotatable bonds is 4. The second-order valence-electron chi connectivity index (χ2n) is 4.40. The van der Waals surface area contributed by atoms with Gasteiger partial charge in [0.25, 0.3) is 0 Å². The van der Waals surface area contributed by atoms with Crippen LogP contribution in [0.2, 0.25) is 0 Å². The predicted molar refractivity (Wildman–Crippen MR) is 68.7 cm³/mol. The molecule has 2 rings (SSSR count). The summed E-state index contributed by atoms with van der Waals surface area (Å²) in [6.07, 6.45) is 1.21. The fourth-order valence-corrected chi connectivity index (χ4v) is 2.90. The van der Waals surface area contributed by atoms with Gasteiger partial charge in [-0.15, -0.1) is 11.8 Å². The molecule has 3 heteroatoms. The number of hydrogen-bond donors (Lipinski definition) is 1.